The number of H-pyrrole nitrogens is 1. The number of nitrogens with zero attached hydrogens (tertiary/aromatic N) is 2. The molecule has 0 spiro atoms. The summed E-state index contributed by atoms with van der Waals surface area (Å²) in [5.41, 5.74) is 9.32. The molecule has 0 atom stereocenters. The highest BCUT2D eigenvalue weighted by atomic mass is 16.1. The SMILES string of the molecule is Cc1cc(-c2n[nH]c3ccc(C(N)=O)cc23)ccn1. The van der Waals surface area contributed by atoms with Gasteiger partial charge in [0, 0.05) is 28.4 Å². The summed E-state index contributed by atoms with van der Waals surface area (Å²) in [5, 5.41) is 8.13. The van der Waals surface area contributed by atoms with Crippen LogP contribution in [0.15, 0.2) is 36.5 Å². The summed E-state index contributed by atoms with van der Waals surface area (Å²) in [7, 11) is 0. The number of nitrogens with two attached hydrogens (primary N) is 1. The smallest absolute Gasteiger partial charge is 0.248 e. The number of aryl methyl sites for hydroxylation is 1. The van der Waals surface area contributed by atoms with Crippen molar-refractivity contribution in [3.63, 3.8) is 0 Å². The number of pyridine rings is 1. The van der Waals surface area contributed by atoms with E-state index in [2.05, 4.69) is 15.2 Å². The van der Waals surface area contributed by atoms with Crippen molar-refractivity contribution in [2.24, 2.45) is 5.73 Å². The van der Waals surface area contributed by atoms with Gasteiger partial charge in [0.2, 0.25) is 5.91 Å². The average Bonchev–Trinajstić information content (AvgIpc) is 2.81. The van der Waals surface area contributed by atoms with Gasteiger partial charge in [-0.05, 0) is 37.3 Å². The van der Waals surface area contributed by atoms with E-state index in [1.165, 1.54) is 0 Å². The first-order valence-corrected chi connectivity index (χ1v) is 5.86. The van der Waals surface area contributed by atoms with Crippen molar-refractivity contribution < 1.29 is 4.79 Å². The average molecular weight is 252 g/mol. The number of hydrogen-bond donors (Lipinski definition) is 2. The largest absolute Gasteiger partial charge is 0.366 e. The van der Waals surface area contributed by atoms with Gasteiger partial charge in [0.15, 0.2) is 0 Å². The molecular formula is C14H12N4O. The third-order valence-corrected chi connectivity index (χ3v) is 3.02. The van der Waals surface area contributed by atoms with E-state index in [1.54, 1.807) is 24.4 Å². The first kappa shape index (κ1) is 11.4. The van der Waals surface area contributed by atoms with Crippen molar-refractivity contribution in [3.05, 3.63) is 47.8 Å². The van der Waals surface area contributed by atoms with Crippen LogP contribution >= 0.6 is 0 Å². The standard InChI is InChI=1S/C14H12N4O/c1-8-6-9(4-5-16-8)13-11-7-10(14(15)19)2-3-12(11)17-18-13/h2-7H,1H3,(H2,15,19)(H,17,18). The summed E-state index contributed by atoms with van der Waals surface area (Å²) in [4.78, 5) is 15.4. The van der Waals surface area contributed by atoms with Gasteiger partial charge < -0.3 is 5.73 Å². The van der Waals surface area contributed by atoms with Crippen LogP contribution in [0.3, 0.4) is 0 Å². The molecule has 2 heterocycles. The second-order valence-corrected chi connectivity index (χ2v) is 4.38. The van der Waals surface area contributed by atoms with Crippen LogP contribution in [0.4, 0.5) is 0 Å². The van der Waals surface area contributed by atoms with Gasteiger partial charge in [-0.2, -0.15) is 5.10 Å². The molecule has 0 aliphatic heterocycles. The van der Waals surface area contributed by atoms with Crippen molar-refractivity contribution in [2.75, 3.05) is 0 Å². The number of fused-ring (bicyclic) bond motifs is 1. The lowest BCUT2D eigenvalue weighted by Gasteiger charge is -2.00. The minimum absolute atomic E-state index is 0.444. The Labute approximate surface area is 109 Å². The number of amides is 1. The summed E-state index contributed by atoms with van der Waals surface area (Å²) in [6.45, 7) is 1.92. The van der Waals surface area contributed by atoms with Crippen molar-refractivity contribution in [3.8, 4) is 11.3 Å². The maximum atomic E-state index is 11.3. The molecule has 0 saturated carbocycles. The Hall–Kier alpha value is -2.69. The zero-order valence-corrected chi connectivity index (χ0v) is 10.3. The Morgan fingerprint density at radius 1 is 1.26 bits per heavy atom. The minimum Gasteiger partial charge on any atom is -0.366 e. The first-order chi connectivity index (χ1) is 9.15. The molecule has 0 saturated heterocycles. The Bertz CT molecular complexity index is 776. The number of benzene rings is 1. The highest BCUT2D eigenvalue weighted by Gasteiger charge is 2.10. The molecule has 2 aromatic heterocycles. The van der Waals surface area contributed by atoms with E-state index < -0.39 is 5.91 Å². The number of carbonyl (C=O) groups is 1. The van der Waals surface area contributed by atoms with Crippen molar-refractivity contribution in [2.45, 2.75) is 6.92 Å². The fourth-order valence-electron chi connectivity index (χ4n) is 2.08. The second kappa shape index (κ2) is 4.20. The van der Waals surface area contributed by atoms with E-state index in [1.807, 2.05) is 19.1 Å². The second-order valence-electron chi connectivity index (χ2n) is 4.38. The summed E-state index contributed by atoms with van der Waals surface area (Å²) < 4.78 is 0. The molecule has 0 bridgehead atoms. The summed E-state index contributed by atoms with van der Waals surface area (Å²) in [6.07, 6.45) is 1.74. The molecular weight excluding hydrogens is 240 g/mol. The number of aromatic amines is 1. The van der Waals surface area contributed by atoms with Crippen molar-refractivity contribution >= 4 is 16.8 Å². The molecule has 3 N–H and O–H groups in total. The summed E-state index contributed by atoms with van der Waals surface area (Å²) in [5.74, 6) is -0.444. The molecule has 1 amide bonds. The number of aromatic nitrogens is 3. The maximum absolute atomic E-state index is 11.3. The molecule has 0 fully saturated rings. The molecule has 0 unspecified atom stereocenters. The lowest BCUT2D eigenvalue weighted by Crippen LogP contribution is -2.10. The van der Waals surface area contributed by atoms with Crippen LogP contribution in [-0.4, -0.2) is 21.1 Å². The molecule has 1 aromatic carbocycles. The fraction of sp³-hybridized carbons (Fsp3) is 0.0714. The number of hydrogen-bond acceptors (Lipinski definition) is 3. The predicted octanol–water partition coefficient (Wildman–Crippen LogP) is 2.03. The van der Waals surface area contributed by atoms with Crippen LogP contribution in [0.5, 0.6) is 0 Å². The molecule has 94 valence electrons. The summed E-state index contributed by atoms with van der Waals surface area (Å²) in [6, 6.07) is 9.09. The van der Waals surface area contributed by atoms with Gasteiger partial charge >= 0.3 is 0 Å². The van der Waals surface area contributed by atoms with E-state index in [4.69, 9.17) is 5.73 Å². The topological polar surface area (TPSA) is 84.7 Å². The predicted molar refractivity (Wildman–Crippen MR) is 72.6 cm³/mol. The van der Waals surface area contributed by atoms with Crippen LogP contribution in [-0.2, 0) is 0 Å². The first-order valence-electron chi connectivity index (χ1n) is 5.86. The van der Waals surface area contributed by atoms with Crippen molar-refractivity contribution in [1.29, 1.82) is 0 Å². The normalized spacial score (nSPS) is 10.8. The van der Waals surface area contributed by atoms with Crippen LogP contribution in [0.1, 0.15) is 16.1 Å². The monoisotopic (exact) mass is 252 g/mol. The Morgan fingerprint density at radius 3 is 2.84 bits per heavy atom. The number of primary amides is 1. The van der Waals surface area contributed by atoms with Gasteiger partial charge in [-0.3, -0.25) is 14.9 Å². The van der Waals surface area contributed by atoms with E-state index in [-0.39, 0.29) is 0 Å². The minimum atomic E-state index is -0.444. The molecule has 0 radical (unpaired) electrons. The Morgan fingerprint density at radius 2 is 2.11 bits per heavy atom. The Kier molecular flexibility index (Phi) is 2.52. The van der Waals surface area contributed by atoms with E-state index in [9.17, 15) is 4.79 Å². The maximum Gasteiger partial charge on any atom is 0.248 e. The molecule has 3 rings (SSSR count). The van der Waals surface area contributed by atoms with E-state index in [0.29, 0.717) is 5.56 Å². The highest BCUT2D eigenvalue weighted by Crippen LogP contribution is 2.27. The molecule has 5 nitrogen and oxygen atoms in total. The van der Waals surface area contributed by atoms with Crippen LogP contribution < -0.4 is 5.73 Å². The van der Waals surface area contributed by atoms with E-state index in [0.717, 1.165) is 27.9 Å². The van der Waals surface area contributed by atoms with Gasteiger partial charge in [-0.15, -0.1) is 0 Å². The van der Waals surface area contributed by atoms with Gasteiger partial charge in [0.05, 0.1) is 5.52 Å². The molecule has 3 aromatic rings. The van der Waals surface area contributed by atoms with Crippen LogP contribution in [0, 0.1) is 6.92 Å². The zero-order valence-electron chi connectivity index (χ0n) is 10.3. The number of rotatable bonds is 2. The van der Waals surface area contributed by atoms with Gasteiger partial charge in [0.25, 0.3) is 0 Å². The molecule has 19 heavy (non-hydrogen) atoms. The van der Waals surface area contributed by atoms with Gasteiger partial charge in [0.1, 0.15) is 5.69 Å². The van der Waals surface area contributed by atoms with Gasteiger partial charge in [-0.1, -0.05) is 0 Å². The third-order valence-electron chi connectivity index (χ3n) is 3.02. The van der Waals surface area contributed by atoms with Crippen molar-refractivity contribution in [1.82, 2.24) is 15.2 Å². The fourth-order valence-corrected chi connectivity index (χ4v) is 2.08. The van der Waals surface area contributed by atoms with Crippen LogP contribution in [0.2, 0.25) is 0 Å². The number of nitrogens with one attached hydrogen (secondary N) is 1. The molecule has 0 aliphatic rings. The quantitative estimate of drug-likeness (QED) is 0.731. The lowest BCUT2D eigenvalue weighted by atomic mass is 10.1. The van der Waals surface area contributed by atoms with Crippen LogP contribution in [0.25, 0.3) is 22.2 Å². The number of carbonyl (C=O) groups excluding carboxylic acids is 1. The highest BCUT2D eigenvalue weighted by molar-refractivity contribution is 6.00. The third kappa shape index (κ3) is 1.95. The lowest BCUT2D eigenvalue weighted by molar-refractivity contribution is 0.100. The van der Waals surface area contributed by atoms with Gasteiger partial charge in [-0.25, -0.2) is 0 Å². The summed E-state index contributed by atoms with van der Waals surface area (Å²) >= 11 is 0. The zero-order chi connectivity index (χ0) is 13.4. The molecule has 5 heteroatoms. The molecule has 0 aliphatic carbocycles. The van der Waals surface area contributed by atoms with E-state index >= 15 is 0 Å². The Balaban J connectivity index is 2.24.